The molecule has 0 bridgehead atoms. The molecule has 2 heterocycles. The van der Waals surface area contributed by atoms with Crippen LogP contribution in [-0.2, 0) is 6.42 Å². The second-order valence-electron chi connectivity index (χ2n) is 5.30. The Kier molecular flexibility index (Phi) is 2.44. The van der Waals surface area contributed by atoms with Crippen LogP contribution in [0.4, 0.5) is 0 Å². The number of nitrogens with zero attached hydrogens (tertiary/aromatic N) is 2. The van der Waals surface area contributed by atoms with E-state index in [1.807, 2.05) is 6.92 Å². The minimum absolute atomic E-state index is 0.208. The van der Waals surface area contributed by atoms with Gasteiger partial charge in [0.05, 0.1) is 5.69 Å². The van der Waals surface area contributed by atoms with Gasteiger partial charge in [-0.25, -0.2) is 4.98 Å². The highest BCUT2D eigenvalue weighted by Crippen LogP contribution is 2.41. The SMILES string of the molecule is Cc1c(C2CC2)nc2ccc(CC(C)N)cn12. The Morgan fingerprint density at radius 3 is 2.88 bits per heavy atom. The van der Waals surface area contributed by atoms with E-state index in [4.69, 9.17) is 10.7 Å². The summed E-state index contributed by atoms with van der Waals surface area (Å²) in [6.45, 7) is 4.21. The van der Waals surface area contributed by atoms with E-state index < -0.39 is 0 Å². The van der Waals surface area contributed by atoms with Gasteiger partial charge in [0, 0.05) is 23.9 Å². The highest BCUT2D eigenvalue weighted by Gasteiger charge is 2.28. The first-order chi connectivity index (χ1) is 8.15. The molecule has 0 amide bonds. The molecule has 3 heteroatoms. The monoisotopic (exact) mass is 229 g/mol. The quantitative estimate of drug-likeness (QED) is 0.878. The van der Waals surface area contributed by atoms with Crippen molar-refractivity contribution in [2.75, 3.05) is 0 Å². The van der Waals surface area contributed by atoms with Gasteiger partial charge in [-0.15, -0.1) is 0 Å². The molecule has 0 radical (unpaired) electrons. The number of hydrogen-bond acceptors (Lipinski definition) is 2. The predicted octanol–water partition coefficient (Wildman–Crippen LogP) is 2.41. The van der Waals surface area contributed by atoms with Gasteiger partial charge in [0.1, 0.15) is 5.65 Å². The summed E-state index contributed by atoms with van der Waals surface area (Å²) in [7, 11) is 0. The second-order valence-corrected chi connectivity index (χ2v) is 5.30. The Labute approximate surface area is 102 Å². The average molecular weight is 229 g/mol. The van der Waals surface area contributed by atoms with Crippen molar-refractivity contribution in [3.63, 3.8) is 0 Å². The largest absolute Gasteiger partial charge is 0.328 e. The van der Waals surface area contributed by atoms with Crippen molar-refractivity contribution in [3.8, 4) is 0 Å². The summed E-state index contributed by atoms with van der Waals surface area (Å²) in [4.78, 5) is 4.73. The van der Waals surface area contributed by atoms with Crippen molar-refractivity contribution in [1.82, 2.24) is 9.38 Å². The Bertz CT molecular complexity index is 550. The van der Waals surface area contributed by atoms with Crippen LogP contribution in [0.3, 0.4) is 0 Å². The highest BCUT2D eigenvalue weighted by atomic mass is 15.0. The Morgan fingerprint density at radius 1 is 1.47 bits per heavy atom. The first kappa shape index (κ1) is 10.8. The van der Waals surface area contributed by atoms with E-state index >= 15 is 0 Å². The van der Waals surface area contributed by atoms with Gasteiger partial charge in [0.15, 0.2) is 0 Å². The van der Waals surface area contributed by atoms with E-state index in [1.165, 1.54) is 29.8 Å². The van der Waals surface area contributed by atoms with E-state index in [0.717, 1.165) is 12.1 Å². The molecule has 1 aliphatic carbocycles. The molecule has 90 valence electrons. The first-order valence-electron chi connectivity index (χ1n) is 6.38. The topological polar surface area (TPSA) is 43.3 Å². The summed E-state index contributed by atoms with van der Waals surface area (Å²) in [5, 5.41) is 0. The molecule has 1 fully saturated rings. The van der Waals surface area contributed by atoms with Gasteiger partial charge in [-0.05, 0) is 44.7 Å². The van der Waals surface area contributed by atoms with E-state index in [-0.39, 0.29) is 6.04 Å². The number of fused-ring (bicyclic) bond motifs is 1. The Morgan fingerprint density at radius 2 is 2.24 bits per heavy atom. The summed E-state index contributed by atoms with van der Waals surface area (Å²) < 4.78 is 2.21. The zero-order valence-electron chi connectivity index (χ0n) is 10.5. The average Bonchev–Trinajstić information content (AvgIpc) is 3.05. The number of aryl methyl sites for hydroxylation is 1. The molecule has 17 heavy (non-hydrogen) atoms. The fourth-order valence-corrected chi connectivity index (χ4v) is 2.46. The normalized spacial score (nSPS) is 17.6. The molecular formula is C14H19N3. The number of rotatable bonds is 3. The smallest absolute Gasteiger partial charge is 0.137 e. The van der Waals surface area contributed by atoms with E-state index in [9.17, 15) is 0 Å². The summed E-state index contributed by atoms with van der Waals surface area (Å²) in [5.74, 6) is 0.715. The molecule has 0 aliphatic heterocycles. The molecule has 1 atom stereocenters. The minimum atomic E-state index is 0.208. The molecule has 0 spiro atoms. The van der Waals surface area contributed by atoms with Gasteiger partial charge in [-0.1, -0.05) is 6.07 Å². The third kappa shape index (κ3) is 1.95. The van der Waals surface area contributed by atoms with E-state index in [2.05, 4.69) is 29.7 Å². The molecule has 2 aromatic rings. The maximum absolute atomic E-state index is 5.85. The molecule has 3 rings (SSSR count). The van der Waals surface area contributed by atoms with Crippen molar-refractivity contribution in [2.24, 2.45) is 5.73 Å². The fourth-order valence-electron chi connectivity index (χ4n) is 2.46. The second kappa shape index (κ2) is 3.84. The van der Waals surface area contributed by atoms with Crippen molar-refractivity contribution in [3.05, 3.63) is 35.3 Å². The van der Waals surface area contributed by atoms with Crippen LogP contribution in [0.5, 0.6) is 0 Å². The molecule has 2 aromatic heterocycles. The fraction of sp³-hybridized carbons (Fsp3) is 0.500. The van der Waals surface area contributed by atoms with Crippen molar-refractivity contribution in [1.29, 1.82) is 0 Å². The lowest BCUT2D eigenvalue weighted by Crippen LogP contribution is -2.17. The third-order valence-electron chi connectivity index (χ3n) is 3.48. The van der Waals surface area contributed by atoms with E-state index in [1.54, 1.807) is 0 Å². The van der Waals surface area contributed by atoms with Gasteiger partial charge in [0.25, 0.3) is 0 Å². The predicted molar refractivity (Wildman–Crippen MR) is 69.3 cm³/mol. The standard InChI is InChI=1S/C14H19N3/c1-9(15)7-11-3-6-13-16-14(12-4-5-12)10(2)17(13)8-11/h3,6,8-9,12H,4-5,7,15H2,1-2H3. The van der Waals surface area contributed by atoms with Crippen LogP contribution < -0.4 is 5.73 Å². The molecule has 1 saturated carbocycles. The lowest BCUT2D eigenvalue weighted by Gasteiger charge is -2.06. The molecular weight excluding hydrogens is 210 g/mol. The van der Waals surface area contributed by atoms with Crippen LogP contribution in [0.2, 0.25) is 0 Å². The van der Waals surface area contributed by atoms with Crippen molar-refractivity contribution < 1.29 is 0 Å². The maximum Gasteiger partial charge on any atom is 0.137 e. The third-order valence-corrected chi connectivity index (χ3v) is 3.48. The van der Waals surface area contributed by atoms with Crippen molar-refractivity contribution in [2.45, 2.75) is 45.1 Å². The van der Waals surface area contributed by atoms with Crippen LogP contribution in [-0.4, -0.2) is 15.4 Å². The highest BCUT2D eigenvalue weighted by molar-refractivity contribution is 5.46. The minimum Gasteiger partial charge on any atom is -0.328 e. The Balaban J connectivity index is 2.05. The zero-order valence-corrected chi connectivity index (χ0v) is 10.5. The maximum atomic E-state index is 5.85. The summed E-state index contributed by atoms with van der Waals surface area (Å²) in [6, 6.07) is 4.46. The first-order valence-corrected chi connectivity index (χ1v) is 6.38. The molecule has 0 saturated heterocycles. The number of pyridine rings is 1. The number of nitrogens with two attached hydrogens (primary N) is 1. The molecule has 1 unspecified atom stereocenters. The molecule has 0 aromatic carbocycles. The van der Waals surface area contributed by atoms with Gasteiger partial charge in [0.2, 0.25) is 0 Å². The van der Waals surface area contributed by atoms with Crippen LogP contribution >= 0.6 is 0 Å². The summed E-state index contributed by atoms with van der Waals surface area (Å²) in [6.07, 6.45) is 5.72. The molecule has 2 N–H and O–H groups in total. The summed E-state index contributed by atoms with van der Waals surface area (Å²) >= 11 is 0. The van der Waals surface area contributed by atoms with Crippen LogP contribution in [0.15, 0.2) is 18.3 Å². The van der Waals surface area contributed by atoms with Crippen LogP contribution in [0, 0.1) is 6.92 Å². The van der Waals surface area contributed by atoms with Crippen LogP contribution in [0.1, 0.15) is 42.6 Å². The summed E-state index contributed by atoms with van der Waals surface area (Å²) in [5.41, 5.74) is 10.8. The van der Waals surface area contributed by atoms with Gasteiger partial charge in [-0.3, -0.25) is 0 Å². The van der Waals surface area contributed by atoms with E-state index in [0.29, 0.717) is 5.92 Å². The van der Waals surface area contributed by atoms with Gasteiger partial charge < -0.3 is 10.1 Å². The lowest BCUT2D eigenvalue weighted by atomic mass is 10.1. The number of hydrogen-bond donors (Lipinski definition) is 1. The number of imidazole rings is 1. The zero-order chi connectivity index (χ0) is 12.0. The molecule has 1 aliphatic rings. The lowest BCUT2D eigenvalue weighted by molar-refractivity contribution is 0.734. The number of aromatic nitrogens is 2. The van der Waals surface area contributed by atoms with Gasteiger partial charge in [-0.2, -0.15) is 0 Å². The van der Waals surface area contributed by atoms with Crippen molar-refractivity contribution >= 4 is 5.65 Å². The van der Waals surface area contributed by atoms with Crippen LogP contribution in [0.25, 0.3) is 5.65 Å². The molecule has 3 nitrogen and oxygen atoms in total. The van der Waals surface area contributed by atoms with Gasteiger partial charge >= 0.3 is 0 Å². The Hall–Kier alpha value is -1.35.